The molecule has 82 valence electrons. The van der Waals surface area contributed by atoms with Gasteiger partial charge in [0, 0.05) is 15.2 Å². The molecule has 0 heterocycles. The summed E-state index contributed by atoms with van der Waals surface area (Å²) in [4.78, 5) is 9.28. The highest BCUT2D eigenvalue weighted by Gasteiger charge is 2.27. The molecule has 0 bridgehead atoms. The number of hydrogen-bond donors (Lipinski definition) is 0. The van der Waals surface area contributed by atoms with Gasteiger partial charge in [0.05, 0.1) is 9.40 Å². The van der Waals surface area contributed by atoms with Gasteiger partial charge in [0.15, 0.2) is 4.90 Å². The second-order valence-electron chi connectivity index (χ2n) is 2.43. The van der Waals surface area contributed by atoms with Gasteiger partial charge < -0.3 is 0 Å². The van der Waals surface area contributed by atoms with Gasteiger partial charge in [0.2, 0.25) is 0 Å². The van der Waals surface area contributed by atoms with Gasteiger partial charge in [-0.05, 0) is 28.1 Å². The van der Waals surface area contributed by atoms with Crippen molar-refractivity contribution in [3.8, 4) is 0 Å². The molecule has 15 heavy (non-hydrogen) atoms. The van der Waals surface area contributed by atoms with Gasteiger partial charge in [-0.25, -0.2) is 8.42 Å². The maximum absolute atomic E-state index is 11.1. The molecule has 0 aliphatic rings. The van der Waals surface area contributed by atoms with Crippen LogP contribution in [0.5, 0.6) is 0 Å². The Morgan fingerprint density at radius 1 is 1.33 bits per heavy atom. The maximum Gasteiger partial charge on any atom is 0.303 e. The van der Waals surface area contributed by atoms with E-state index in [-0.39, 0.29) is 4.47 Å². The molecule has 0 atom stereocenters. The second-order valence-corrected chi connectivity index (χ2v) is 6.73. The summed E-state index contributed by atoms with van der Waals surface area (Å²) < 4.78 is 22.6. The van der Waals surface area contributed by atoms with Gasteiger partial charge in [0.1, 0.15) is 0 Å². The van der Waals surface area contributed by atoms with E-state index in [0.29, 0.717) is 4.47 Å². The average Bonchev–Trinajstić information content (AvgIpc) is 1.99. The SMILES string of the molecule is O=[N+]([O-])c1c(Br)cc(Br)cc1S(=O)(=O)Cl. The van der Waals surface area contributed by atoms with Crippen LogP contribution in [0.15, 0.2) is 26.0 Å². The zero-order chi connectivity index (χ0) is 11.8. The van der Waals surface area contributed by atoms with Crippen LogP contribution in [-0.2, 0) is 9.05 Å². The lowest BCUT2D eigenvalue weighted by Crippen LogP contribution is -1.99. The summed E-state index contributed by atoms with van der Waals surface area (Å²) in [5, 5.41) is 10.6. The average molecular weight is 379 g/mol. The number of benzene rings is 1. The Kier molecular flexibility index (Phi) is 3.75. The van der Waals surface area contributed by atoms with Crippen molar-refractivity contribution in [1.82, 2.24) is 0 Å². The topological polar surface area (TPSA) is 77.3 Å². The third-order valence-electron chi connectivity index (χ3n) is 1.44. The van der Waals surface area contributed by atoms with E-state index in [1.54, 1.807) is 0 Å². The van der Waals surface area contributed by atoms with Crippen LogP contribution < -0.4 is 0 Å². The van der Waals surface area contributed by atoms with E-state index in [9.17, 15) is 18.5 Å². The highest BCUT2D eigenvalue weighted by Crippen LogP contribution is 2.36. The zero-order valence-electron chi connectivity index (χ0n) is 6.78. The first-order valence-electron chi connectivity index (χ1n) is 3.31. The fourth-order valence-electron chi connectivity index (χ4n) is 0.905. The molecule has 0 saturated carbocycles. The van der Waals surface area contributed by atoms with Gasteiger partial charge in [-0.1, -0.05) is 15.9 Å². The lowest BCUT2D eigenvalue weighted by atomic mass is 10.3. The highest BCUT2D eigenvalue weighted by molar-refractivity contribution is 9.11. The van der Waals surface area contributed by atoms with Crippen molar-refractivity contribution in [2.75, 3.05) is 0 Å². The third kappa shape index (κ3) is 2.90. The first-order chi connectivity index (χ1) is 6.73. The van der Waals surface area contributed by atoms with E-state index in [1.165, 1.54) is 6.07 Å². The van der Waals surface area contributed by atoms with Crippen LogP contribution in [0, 0.1) is 10.1 Å². The highest BCUT2D eigenvalue weighted by atomic mass is 79.9. The van der Waals surface area contributed by atoms with E-state index in [0.717, 1.165) is 6.07 Å². The van der Waals surface area contributed by atoms with Gasteiger partial charge in [0.25, 0.3) is 9.05 Å². The first-order valence-corrected chi connectivity index (χ1v) is 7.21. The smallest absolute Gasteiger partial charge is 0.258 e. The minimum Gasteiger partial charge on any atom is -0.258 e. The predicted molar refractivity (Wildman–Crippen MR) is 61.5 cm³/mol. The Bertz CT molecular complexity index is 530. The fraction of sp³-hybridized carbons (Fsp3) is 0. The van der Waals surface area contributed by atoms with Gasteiger partial charge >= 0.3 is 5.69 Å². The monoisotopic (exact) mass is 377 g/mol. The van der Waals surface area contributed by atoms with Crippen LogP contribution in [0.25, 0.3) is 0 Å². The Labute approximate surface area is 106 Å². The standard InChI is InChI=1S/C6H2Br2ClNO4S/c7-3-1-4(8)6(10(11)12)5(2-3)15(9,13)14/h1-2H. The molecular weight excluding hydrogens is 377 g/mol. The van der Waals surface area contributed by atoms with Crippen LogP contribution in [0.4, 0.5) is 5.69 Å². The number of nitrogens with zero attached hydrogens (tertiary/aromatic N) is 1. The molecule has 1 rings (SSSR count). The van der Waals surface area contributed by atoms with Gasteiger partial charge in [-0.3, -0.25) is 10.1 Å². The summed E-state index contributed by atoms with van der Waals surface area (Å²) in [6.07, 6.45) is 0. The Morgan fingerprint density at radius 2 is 1.87 bits per heavy atom. The second kappa shape index (κ2) is 4.36. The summed E-state index contributed by atoms with van der Waals surface area (Å²) in [6.45, 7) is 0. The summed E-state index contributed by atoms with van der Waals surface area (Å²) in [6, 6.07) is 2.44. The van der Waals surface area contributed by atoms with E-state index < -0.39 is 24.6 Å². The van der Waals surface area contributed by atoms with E-state index >= 15 is 0 Å². The molecule has 0 radical (unpaired) electrons. The van der Waals surface area contributed by atoms with Crippen LogP contribution in [-0.4, -0.2) is 13.3 Å². The van der Waals surface area contributed by atoms with Crippen molar-refractivity contribution in [1.29, 1.82) is 0 Å². The molecular formula is C6H2Br2ClNO4S. The lowest BCUT2D eigenvalue weighted by Gasteiger charge is -2.02. The van der Waals surface area contributed by atoms with Crippen LogP contribution in [0.3, 0.4) is 0 Å². The molecule has 5 nitrogen and oxygen atoms in total. The van der Waals surface area contributed by atoms with Crippen molar-refractivity contribution >= 4 is 57.3 Å². The molecule has 0 unspecified atom stereocenters. The fourth-order valence-corrected chi connectivity index (χ4v) is 3.59. The molecule has 0 amide bonds. The van der Waals surface area contributed by atoms with Gasteiger partial charge in [-0.2, -0.15) is 0 Å². The molecule has 0 saturated heterocycles. The van der Waals surface area contributed by atoms with Crippen molar-refractivity contribution in [2.45, 2.75) is 4.90 Å². The summed E-state index contributed by atoms with van der Waals surface area (Å²) >= 11 is 5.91. The third-order valence-corrected chi connectivity index (χ3v) is 3.84. The van der Waals surface area contributed by atoms with Crippen molar-refractivity contribution in [2.24, 2.45) is 0 Å². The Hall–Kier alpha value is -0.180. The van der Waals surface area contributed by atoms with E-state index in [2.05, 4.69) is 31.9 Å². The molecule has 0 aliphatic carbocycles. The quantitative estimate of drug-likeness (QED) is 0.450. The summed E-state index contributed by atoms with van der Waals surface area (Å²) in [5.74, 6) is 0. The lowest BCUT2D eigenvalue weighted by molar-refractivity contribution is -0.388. The minimum absolute atomic E-state index is 0.0427. The number of nitro benzene ring substituents is 1. The number of nitro groups is 1. The molecule has 0 N–H and O–H groups in total. The van der Waals surface area contributed by atoms with Crippen LogP contribution in [0.2, 0.25) is 0 Å². The number of hydrogen-bond acceptors (Lipinski definition) is 4. The van der Waals surface area contributed by atoms with Crippen LogP contribution in [0.1, 0.15) is 0 Å². The predicted octanol–water partition coefficient (Wildman–Crippen LogP) is 3.05. The molecule has 0 spiro atoms. The van der Waals surface area contributed by atoms with Crippen molar-refractivity contribution in [3.63, 3.8) is 0 Å². The normalized spacial score (nSPS) is 11.4. The van der Waals surface area contributed by atoms with E-state index in [1.807, 2.05) is 0 Å². The molecule has 0 fully saturated rings. The van der Waals surface area contributed by atoms with E-state index in [4.69, 9.17) is 10.7 Å². The van der Waals surface area contributed by atoms with Crippen molar-refractivity contribution in [3.05, 3.63) is 31.2 Å². The largest absolute Gasteiger partial charge is 0.303 e. The first kappa shape index (κ1) is 12.9. The molecule has 0 aromatic heterocycles. The zero-order valence-corrected chi connectivity index (χ0v) is 11.5. The Balaban J connectivity index is 3.70. The molecule has 1 aromatic rings. The molecule has 9 heteroatoms. The Morgan fingerprint density at radius 3 is 2.27 bits per heavy atom. The van der Waals surface area contributed by atoms with Crippen LogP contribution >= 0.6 is 42.5 Å². The summed E-state index contributed by atoms with van der Waals surface area (Å²) in [7, 11) is 0.925. The number of halogens is 3. The van der Waals surface area contributed by atoms with Crippen molar-refractivity contribution < 1.29 is 13.3 Å². The van der Waals surface area contributed by atoms with Gasteiger partial charge in [-0.15, -0.1) is 0 Å². The maximum atomic E-state index is 11.1. The molecule has 0 aliphatic heterocycles. The number of rotatable bonds is 2. The summed E-state index contributed by atoms with van der Waals surface area (Å²) in [5.41, 5.74) is -0.576. The molecule has 1 aromatic carbocycles. The minimum atomic E-state index is -4.15.